The zero-order chi connectivity index (χ0) is 13.3. The summed E-state index contributed by atoms with van der Waals surface area (Å²) >= 11 is 0. The monoisotopic (exact) mass is 242 g/mol. The van der Waals surface area contributed by atoms with Crippen LogP contribution in [0.5, 0.6) is 0 Å². The Morgan fingerprint density at radius 1 is 1.22 bits per heavy atom. The molecule has 18 heavy (non-hydrogen) atoms. The van der Waals surface area contributed by atoms with E-state index >= 15 is 0 Å². The first-order chi connectivity index (χ1) is 8.38. The molecular weight excluding hydrogens is 220 g/mol. The summed E-state index contributed by atoms with van der Waals surface area (Å²) in [4.78, 5) is 4.56. The molecule has 1 atom stereocenters. The molecule has 0 saturated heterocycles. The van der Waals surface area contributed by atoms with E-state index in [1.165, 1.54) is 10.9 Å². The first-order valence-electron chi connectivity index (χ1n) is 6.49. The number of pyridine rings is 1. The van der Waals surface area contributed by atoms with Crippen molar-refractivity contribution in [3.8, 4) is 0 Å². The molecule has 0 saturated carbocycles. The standard InChI is InChI=1S/C16H22N2/c1-11-9-12(10-15(17)16(2,3)4)13-7-5-6-8-14(13)18-11/h5-9,15H,10,17H2,1-4H3. The lowest BCUT2D eigenvalue weighted by molar-refractivity contribution is 0.319. The van der Waals surface area contributed by atoms with Crippen LogP contribution in [0.4, 0.5) is 0 Å². The molecule has 0 fully saturated rings. The number of aromatic nitrogens is 1. The summed E-state index contributed by atoms with van der Waals surface area (Å²) in [6.07, 6.45) is 0.896. The third-order valence-corrected chi connectivity index (χ3v) is 3.48. The van der Waals surface area contributed by atoms with Gasteiger partial charge in [-0.15, -0.1) is 0 Å². The minimum absolute atomic E-state index is 0.123. The van der Waals surface area contributed by atoms with E-state index in [2.05, 4.69) is 50.0 Å². The number of fused-ring (bicyclic) bond motifs is 1. The third kappa shape index (κ3) is 2.70. The van der Waals surface area contributed by atoms with Crippen LogP contribution in [0.3, 0.4) is 0 Å². The lowest BCUT2D eigenvalue weighted by Crippen LogP contribution is -2.36. The minimum Gasteiger partial charge on any atom is -0.327 e. The molecule has 2 rings (SSSR count). The fraction of sp³-hybridized carbons (Fsp3) is 0.438. The number of hydrogen-bond donors (Lipinski definition) is 1. The maximum Gasteiger partial charge on any atom is 0.0707 e. The van der Waals surface area contributed by atoms with Crippen molar-refractivity contribution >= 4 is 10.9 Å². The number of para-hydroxylation sites is 1. The minimum atomic E-state index is 0.123. The Labute approximate surface area is 109 Å². The fourth-order valence-electron chi connectivity index (χ4n) is 2.11. The number of benzene rings is 1. The molecule has 1 aromatic carbocycles. The average Bonchev–Trinajstić information content (AvgIpc) is 2.27. The van der Waals surface area contributed by atoms with E-state index in [0.29, 0.717) is 0 Å². The number of hydrogen-bond acceptors (Lipinski definition) is 2. The second kappa shape index (κ2) is 4.69. The molecule has 2 aromatic rings. The molecule has 0 spiro atoms. The normalized spacial score (nSPS) is 13.8. The SMILES string of the molecule is Cc1cc(CC(N)C(C)(C)C)c2ccccc2n1. The molecule has 0 aliphatic rings. The Hall–Kier alpha value is -1.41. The number of nitrogens with two attached hydrogens (primary N) is 1. The van der Waals surface area contributed by atoms with Crippen LogP contribution in [0.1, 0.15) is 32.0 Å². The van der Waals surface area contributed by atoms with Crippen LogP contribution in [-0.2, 0) is 6.42 Å². The maximum absolute atomic E-state index is 6.30. The molecule has 0 aliphatic heterocycles. The Morgan fingerprint density at radius 3 is 2.56 bits per heavy atom. The van der Waals surface area contributed by atoms with Gasteiger partial charge in [-0.1, -0.05) is 39.0 Å². The van der Waals surface area contributed by atoms with Crippen LogP contribution in [0.25, 0.3) is 10.9 Å². The van der Waals surface area contributed by atoms with Crippen LogP contribution in [0, 0.1) is 12.3 Å². The second-order valence-corrected chi connectivity index (χ2v) is 6.12. The Balaban J connectivity index is 2.44. The van der Waals surface area contributed by atoms with Crippen LogP contribution < -0.4 is 5.73 Å². The van der Waals surface area contributed by atoms with E-state index in [4.69, 9.17) is 5.73 Å². The van der Waals surface area contributed by atoms with Gasteiger partial charge in [0.2, 0.25) is 0 Å². The van der Waals surface area contributed by atoms with Gasteiger partial charge < -0.3 is 5.73 Å². The molecule has 2 nitrogen and oxygen atoms in total. The summed E-state index contributed by atoms with van der Waals surface area (Å²) in [6, 6.07) is 10.6. The lowest BCUT2D eigenvalue weighted by atomic mass is 9.83. The van der Waals surface area contributed by atoms with Crippen LogP contribution >= 0.6 is 0 Å². The van der Waals surface area contributed by atoms with Gasteiger partial charge in [0.05, 0.1) is 5.52 Å². The first-order valence-corrected chi connectivity index (χ1v) is 6.49. The van der Waals surface area contributed by atoms with E-state index in [9.17, 15) is 0 Å². The van der Waals surface area contributed by atoms with Crippen molar-refractivity contribution in [1.29, 1.82) is 0 Å². The Kier molecular flexibility index (Phi) is 3.40. The van der Waals surface area contributed by atoms with Crippen molar-refractivity contribution in [2.24, 2.45) is 11.1 Å². The van der Waals surface area contributed by atoms with Crippen molar-refractivity contribution in [3.63, 3.8) is 0 Å². The van der Waals surface area contributed by atoms with Gasteiger partial charge in [0.25, 0.3) is 0 Å². The molecule has 2 heteroatoms. The predicted octanol–water partition coefficient (Wildman–Crippen LogP) is 3.46. The quantitative estimate of drug-likeness (QED) is 0.876. The molecule has 0 bridgehead atoms. The van der Waals surface area contributed by atoms with E-state index < -0.39 is 0 Å². The molecule has 1 aromatic heterocycles. The summed E-state index contributed by atoms with van der Waals surface area (Å²) in [6.45, 7) is 8.61. The Morgan fingerprint density at radius 2 is 1.89 bits per heavy atom. The van der Waals surface area contributed by atoms with E-state index in [1.54, 1.807) is 0 Å². The number of rotatable bonds is 2. The zero-order valence-electron chi connectivity index (χ0n) is 11.7. The highest BCUT2D eigenvalue weighted by atomic mass is 14.7. The maximum atomic E-state index is 6.30. The largest absolute Gasteiger partial charge is 0.327 e. The van der Waals surface area contributed by atoms with Crippen LogP contribution in [0.2, 0.25) is 0 Å². The van der Waals surface area contributed by atoms with Gasteiger partial charge in [-0.2, -0.15) is 0 Å². The number of nitrogens with zero attached hydrogens (tertiary/aromatic N) is 1. The Bertz CT molecular complexity index is 553. The second-order valence-electron chi connectivity index (χ2n) is 6.12. The molecule has 0 amide bonds. The van der Waals surface area contributed by atoms with Crippen LogP contribution in [-0.4, -0.2) is 11.0 Å². The zero-order valence-corrected chi connectivity index (χ0v) is 11.7. The van der Waals surface area contributed by atoms with E-state index in [0.717, 1.165) is 17.6 Å². The molecule has 2 N–H and O–H groups in total. The van der Waals surface area contributed by atoms with Crippen molar-refractivity contribution in [2.45, 2.75) is 40.2 Å². The summed E-state index contributed by atoms with van der Waals surface area (Å²) < 4.78 is 0. The van der Waals surface area contributed by atoms with Gasteiger partial charge in [0.15, 0.2) is 0 Å². The molecule has 0 radical (unpaired) electrons. The number of aryl methyl sites for hydroxylation is 1. The fourth-order valence-corrected chi connectivity index (χ4v) is 2.11. The molecule has 1 heterocycles. The summed E-state index contributed by atoms with van der Waals surface area (Å²) in [7, 11) is 0. The van der Waals surface area contributed by atoms with E-state index in [1.807, 2.05) is 13.0 Å². The van der Waals surface area contributed by atoms with Gasteiger partial charge in [-0.05, 0) is 36.5 Å². The van der Waals surface area contributed by atoms with Crippen LogP contribution in [0.15, 0.2) is 30.3 Å². The topological polar surface area (TPSA) is 38.9 Å². The molecular formula is C16H22N2. The third-order valence-electron chi connectivity index (χ3n) is 3.48. The highest BCUT2D eigenvalue weighted by molar-refractivity contribution is 5.82. The van der Waals surface area contributed by atoms with Crippen molar-refractivity contribution in [2.75, 3.05) is 0 Å². The molecule has 1 unspecified atom stereocenters. The smallest absolute Gasteiger partial charge is 0.0707 e. The summed E-state index contributed by atoms with van der Waals surface area (Å²) in [5.74, 6) is 0. The summed E-state index contributed by atoms with van der Waals surface area (Å²) in [5, 5.41) is 1.22. The lowest BCUT2D eigenvalue weighted by Gasteiger charge is -2.27. The van der Waals surface area contributed by atoms with Crippen molar-refractivity contribution in [3.05, 3.63) is 41.6 Å². The molecule has 96 valence electrons. The highest BCUT2D eigenvalue weighted by Gasteiger charge is 2.21. The highest BCUT2D eigenvalue weighted by Crippen LogP contribution is 2.25. The van der Waals surface area contributed by atoms with Gasteiger partial charge in [0, 0.05) is 17.1 Å². The van der Waals surface area contributed by atoms with Crippen molar-refractivity contribution in [1.82, 2.24) is 4.98 Å². The van der Waals surface area contributed by atoms with E-state index in [-0.39, 0.29) is 11.5 Å². The molecule has 0 aliphatic carbocycles. The first kappa shape index (κ1) is 13.0. The van der Waals surface area contributed by atoms with Crippen molar-refractivity contribution < 1.29 is 0 Å². The van der Waals surface area contributed by atoms with Gasteiger partial charge in [-0.3, -0.25) is 4.98 Å². The average molecular weight is 242 g/mol. The predicted molar refractivity (Wildman–Crippen MR) is 77.6 cm³/mol. The summed E-state index contributed by atoms with van der Waals surface area (Å²) in [5.41, 5.74) is 9.86. The van der Waals surface area contributed by atoms with Gasteiger partial charge in [-0.25, -0.2) is 0 Å². The van der Waals surface area contributed by atoms with Gasteiger partial charge >= 0.3 is 0 Å². The van der Waals surface area contributed by atoms with Gasteiger partial charge in [0.1, 0.15) is 0 Å².